The van der Waals surface area contributed by atoms with E-state index in [9.17, 15) is 18.8 Å². The van der Waals surface area contributed by atoms with Crippen molar-refractivity contribution >= 4 is 28.4 Å². The SMILES string of the molecule is Cc1cc2nc(C(F)F)nn2cc1Nc1ncc2c(n1)n(C1(C#N)CCOCC1)c(=O)n2C. The summed E-state index contributed by atoms with van der Waals surface area (Å²) in [6.45, 7) is 2.51. The first-order valence-electron chi connectivity index (χ1n) is 10.2. The lowest BCUT2D eigenvalue weighted by molar-refractivity contribution is 0.0448. The van der Waals surface area contributed by atoms with E-state index in [0.29, 0.717) is 48.5 Å². The first-order chi connectivity index (χ1) is 15.8. The number of halogens is 2. The second-order valence-corrected chi connectivity index (χ2v) is 7.90. The van der Waals surface area contributed by atoms with Crippen molar-refractivity contribution in [2.45, 2.75) is 31.7 Å². The summed E-state index contributed by atoms with van der Waals surface area (Å²) in [4.78, 5) is 25.7. The molecular formula is C20H19F2N9O2. The number of nitrogens with one attached hydrogen (secondary N) is 1. The minimum absolute atomic E-state index is 0.179. The molecule has 1 fully saturated rings. The van der Waals surface area contributed by atoms with Gasteiger partial charge in [0.1, 0.15) is 11.1 Å². The number of alkyl halides is 2. The Balaban J connectivity index is 1.60. The summed E-state index contributed by atoms with van der Waals surface area (Å²) >= 11 is 0. The summed E-state index contributed by atoms with van der Waals surface area (Å²) in [5, 5.41) is 16.8. The molecule has 0 saturated carbocycles. The predicted octanol–water partition coefficient (Wildman–Crippen LogP) is 2.19. The molecule has 33 heavy (non-hydrogen) atoms. The summed E-state index contributed by atoms with van der Waals surface area (Å²) in [6.07, 6.45) is 0.975. The Bertz CT molecular complexity index is 1470. The number of hydrogen-bond donors (Lipinski definition) is 1. The molecule has 0 atom stereocenters. The highest BCUT2D eigenvalue weighted by Gasteiger charge is 2.38. The highest BCUT2D eigenvalue weighted by atomic mass is 19.3. The minimum atomic E-state index is -2.78. The molecule has 0 spiro atoms. The molecule has 0 radical (unpaired) electrons. The molecular weight excluding hydrogens is 436 g/mol. The van der Waals surface area contributed by atoms with Crippen molar-refractivity contribution < 1.29 is 13.5 Å². The van der Waals surface area contributed by atoms with Gasteiger partial charge in [-0.3, -0.25) is 9.13 Å². The van der Waals surface area contributed by atoms with Crippen LogP contribution in [0.5, 0.6) is 0 Å². The monoisotopic (exact) mass is 455 g/mol. The molecule has 0 aromatic carbocycles. The van der Waals surface area contributed by atoms with Crippen molar-refractivity contribution in [2.75, 3.05) is 18.5 Å². The van der Waals surface area contributed by atoms with Crippen LogP contribution < -0.4 is 11.0 Å². The number of imidazole rings is 1. The molecule has 11 nitrogen and oxygen atoms in total. The number of rotatable bonds is 4. The molecule has 170 valence electrons. The zero-order valence-electron chi connectivity index (χ0n) is 17.8. The highest BCUT2D eigenvalue weighted by molar-refractivity contribution is 5.74. The number of anilines is 2. The van der Waals surface area contributed by atoms with Crippen LogP contribution in [0.25, 0.3) is 16.8 Å². The minimum Gasteiger partial charge on any atom is -0.381 e. The molecule has 0 amide bonds. The second kappa shape index (κ2) is 7.59. The van der Waals surface area contributed by atoms with Crippen molar-refractivity contribution in [1.82, 2.24) is 33.7 Å². The molecule has 1 aliphatic heterocycles. The van der Waals surface area contributed by atoms with E-state index in [4.69, 9.17) is 4.74 Å². The summed E-state index contributed by atoms with van der Waals surface area (Å²) < 4.78 is 35.4. The van der Waals surface area contributed by atoms with Crippen molar-refractivity contribution in [3.05, 3.63) is 40.3 Å². The van der Waals surface area contributed by atoms with E-state index in [1.165, 1.54) is 26.0 Å². The Morgan fingerprint density at radius 2 is 2.06 bits per heavy atom. The van der Waals surface area contributed by atoms with Gasteiger partial charge in [0.25, 0.3) is 6.43 Å². The maximum Gasteiger partial charge on any atom is 0.331 e. The van der Waals surface area contributed by atoms with E-state index in [-0.39, 0.29) is 17.3 Å². The summed E-state index contributed by atoms with van der Waals surface area (Å²) in [7, 11) is 1.60. The van der Waals surface area contributed by atoms with Crippen LogP contribution >= 0.6 is 0 Å². The standard InChI is InChI=1S/C20H19F2N9O2/c1-11-7-14-26-16(15(21)22)28-30(14)9-12(11)25-18-24-8-13-17(27-18)31(19(32)29(13)2)20(10-23)3-5-33-6-4-20/h7-9,15H,3-6H2,1-2H3,(H,24,25,27). The lowest BCUT2D eigenvalue weighted by atomic mass is 9.91. The number of aromatic nitrogens is 7. The first-order valence-corrected chi connectivity index (χ1v) is 10.2. The fourth-order valence-corrected chi connectivity index (χ4v) is 4.04. The van der Waals surface area contributed by atoms with Crippen LogP contribution in [0.1, 0.15) is 30.7 Å². The molecule has 4 aromatic heterocycles. The van der Waals surface area contributed by atoms with Gasteiger partial charge in [0, 0.05) is 33.1 Å². The topological polar surface area (TPSA) is 128 Å². The van der Waals surface area contributed by atoms with Gasteiger partial charge >= 0.3 is 5.69 Å². The molecule has 0 aliphatic carbocycles. The van der Waals surface area contributed by atoms with Gasteiger partial charge in [-0.05, 0) is 18.6 Å². The molecule has 0 bridgehead atoms. The van der Waals surface area contributed by atoms with Crippen molar-refractivity contribution in [1.29, 1.82) is 5.26 Å². The zero-order chi connectivity index (χ0) is 23.3. The number of ether oxygens (including phenoxy) is 1. The van der Waals surface area contributed by atoms with Crippen molar-refractivity contribution in [3.8, 4) is 6.07 Å². The zero-order valence-corrected chi connectivity index (χ0v) is 17.8. The Morgan fingerprint density at radius 1 is 1.30 bits per heavy atom. The fraction of sp³-hybridized carbons (Fsp3) is 0.400. The third-order valence-corrected chi connectivity index (χ3v) is 5.90. The Labute approximate surface area is 185 Å². The van der Waals surface area contributed by atoms with E-state index >= 15 is 0 Å². The Hall–Kier alpha value is -3.92. The molecule has 1 saturated heterocycles. The molecule has 0 unspecified atom stereocenters. The van der Waals surface area contributed by atoms with E-state index < -0.39 is 17.8 Å². The van der Waals surface area contributed by atoms with E-state index in [2.05, 4.69) is 31.4 Å². The van der Waals surface area contributed by atoms with Crippen LogP contribution in [0, 0.1) is 18.3 Å². The predicted molar refractivity (Wildman–Crippen MR) is 112 cm³/mol. The second-order valence-electron chi connectivity index (χ2n) is 7.90. The molecule has 5 heterocycles. The number of fused-ring (bicyclic) bond motifs is 2. The van der Waals surface area contributed by atoms with Gasteiger partial charge in [-0.15, -0.1) is 5.10 Å². The molecule has 1 N–H and O–H groups in total. The van der Waals surface area contributed by atoms with Gasteiger partial charge < -0.3 is 10.1 Å². The largest absolute Gasteiger partial charge is 0.381 e. The molecule has 1 aliphatic rings. The molecule has 5 rings (SSSR count). The van der Waals surface area contributed by atoms with E-state index in [0.717, 1.165) is 0 Å². The fourth-order valence-electron chi connectivity index (χ4n) is 4.04. The summed E-state index contributed by atoms with van der Waals surface area (Å²) in [5.41, 5.74) is 0.902. The first kappa shape index (κ1) is 21.0. The number of hydrogen-bond acceptors (Lipinski definition) is 8. The van der Waals surface area contributed by atoms with Crippen LogP contribution in [0.15, 0.2) is 23.3 Å². The van der Waals surface area contributed by atoms with Gasteiger partial charge in [0.05, 0.1) is 24.2 Å². The normalized spacial score (nSPS) is 15.9. The average Bonchev–Trinajstić information content (AvgIpc) is 3.33. The number of nitrogens with zero attached hydrogens (tertiary/aromatic N) is 8. The van der Waals surface area contributed by atoms with Crippen molar-refractivity contribution in [2.24, 2.45) is 7.05 Å². The van der Waals surface area contributed by atoms with Gasteiger partial charge in [-0.2, -0.15) is 10.2 Å². The van der Waals surface area contributed by atoms with Crippen LogP contribution in [0.2, 0.25) is 0 Å². The third kappa shape index (κ3) is 3.30. The number of aryl methyl sites for hydroxylation is 2. The van der Waals surface area contributed by atoms with E-state index in [1.807, 2.05) is 0 Å². The van der Waals surface area contributed by atoms with Crippen LogP contribution in [0.3, 0.4) is 0 Å². The smallest absolute Gasteiger partial charge is 0.331 e. The summed E-state index contributed by atoms with van der Waals surface area (Å²) in [5.74, 6) is -0.380. The Kier molecular flexibility index (Phi) is 4.82. The van der Waals surface area contributed by atoms with Gasteiger partial charge in [-0.1, -0.05) is 0 Å². The van der Waals surface area contributed by atoms with Crippen LogP contribution in [-0.4, -0.2) is 46.9 Å². The Morgan fingerprint density at radius 3 is 2.76 bits per heavy atom. The lowest BCUT2D eigenvalue weighted by Gasteiger charge is -2.31. The highest BCUT2D eigenvalue weighted by Crippen LogP contribution is 2.31. The lowest BCUT2D eigenvalue weighted by Crippen LogP contribution is -2.44. The number of nitriles is 1. The maximum atomic E-state index is 13.0. The number of pyridine rings is 1. The van der Waals surface area contributed by atoms with Crippen LogP contribution in [0.4, 0.5) is 20.4 Å². The van der Waals surface area contributed by atoms with Gasteiger partial charge in [-0.25, -0.2) is 28.1 Å². The van der Waals surface area contributed by atoms with Crippen LogP contribution in [-0.2, 0) is 17.3 Å². The summed E-state index contributed by atoms with van der Waals surface area (Å²) in [6, 6.07) is 3.91. The third-order valence-electron chi connectivity index (χ3n) is 5.90. The van der Waals surface area contributed by atoms with Crippen molar-refractivity contribution in [3.63, 3.8) is 0 Å². The van der Waals surface area contributed by atoms with Gasteiger partial charge in [0.15, 0.2) is 11.3 Å². The quantitative estimate of drug-likeness (QED) is 0.496. The average molecular weight is 455 g/mol. The van der Waals surface area contributed by atoms with E-state index in [1.54, 1.807) is 20.0 Å². The molecule has 4 aromatic rings. The maximum absolute atomic E-state index is 13.0. The molecule has 13 heteroatoms. The van der Waals surface area contributed by atoms with Gasteiger partial charge in [0.2, 0.25) is 11.8 Å².